The van der Waals surface area contributed by atoms with Crippen LogP contribution in [0.2, 0.25) is 0 Å². The fourth-order valence-electron chi connectivity index (χ4n) is 2.88. The van der Waals surface area contributed by atoms with Gasteiger partial charge in [0.05, 0.1) is 36.4 Å². The lowest BCUT2D eigenvalue weighted by Crippen LogP contribution is -2.24. The predicted octanol–water partition coefficient (Wildman–Crippen LogP) is 4.11. The topological polar surface area (TPSA) is 74.3 Å². The van der Waals surface area contributed by atoms with E-state index in [4.69, 9.17) is 32.4 Å². The van der Waals surface area contributed by atoms with Crippen LogP contribution in [0.3, 0.4) is 0 Å². The number of benzene rings is 1. The summed E-state index contributed by atoms with van der Waals surface area (Å²) in [4.78, 5) is 29.6. The summed E-state index contributed by atoms with van der Waals surface area (Å²) in [6, 6.07) is 8.28. The van der Waals surface area contributed by atoms with Crippen molar-refractivity contribution in [3.8, 4) is 0 Å². The largest absolute Gasteiger partial charge is 0.467 e. The van der Waals surface area contributed by atoms with E-state index in [9.17, 15) is 9.59 Å². The number of rotatable bonds is 6. The number of methoxy groups -OCH3 is 1. The second-order valence-electron chi connectivity index (χ2n) is 6.56. The van der Waals surface area contributed by atoms with Gasteiger partial charge in [-0.3, -0.25) is 9.36 Å². The summed E-state index contributed by atoms with van der Waals surface area (Å²) in [5.74, 6) is 0.947. The van der Waals surface area contributed by atoms with Crippen molar-refractivity contribution in [3.05, 3.63) is 58.3 Å². The third-order valence-electron chi connectivity index (χ3n) is 4.60. The molecule has 0 spiro atoms. The standard InChI is InChI=1S/C19H16Cl2N2O4S/c1-26-17(25)11-4-5-14-15(7-11)22-18(28-10-12-8-19(12,20)21)23(16(14)24)9-13-3-2-6-27-13/h2-7,12H,8-10H2,1H3. The van der Waals surface area contributed by atoms with Gasteiger partial charge in [-0.05, 0) is 36.8 Å². The zero-order valence-electron chi connectivity index (χ0n) is 14.9. The second-order valence-corrected chi connectivity index (χ2v) is 9.09. The number of fused-ring (bicyclic) bond motifs is 1. The monoisotopic (exact) mass is 438 g/mol. The van der Waals surface area contributed by atoms with E-state index < -0.39 is 10.3 Å². The van der Waals surface area contributed by atoms with E-state index in [0.29, 0.717) is 39.6 Å². The first-order valence-corrected chi connectivity index (χ1v) is 10.3. The van der Waals surface area contributed by atoms with Crippen LogP contribution in [-0.2, 0) is 11.3 Å². The highest BCUT2D eigenvalue weighted by molar-refractivity contribution is 7.99. The van der Waals surface area contributed by atoms with Gasteiger partial charge in [-0.1, -0.05) is 11.8 Å². The zero-order chi connectivity index (χ0) is 19.9. The Labute approximate surface area is 174 Å². The van der Waals surface area contributed by atoms with Crippen molar-refractivity contribution in [2.24, 2.45) is 5.92 Å². The van der Waals surface area contributed by atoms with E-state index >= 15 is 0 Å². The molecule has 0 saturated heterocycles. The molecular weight excluding hydrogens is 423 g/mol. The number of nitrogens with zero attached hydrogens (tertiary/aromatic N) is 2. The van der Waals surface area contributed by atoms with Crippen LogP contribution in [0, 0.1) is 5.92 Å². The van der Waals surface area contributed by atoms with Gasteiger partial charge in [0.15, 0.2) is 5.16 Å². The predicted molar refractivity (Wildman–Crippen MR) is 108 cm³/mol. The fraction of sp³-hybridized carbons (Fsp3) is 0.316. The number of esters is 1. The smallest absolute Gasteiger partial charge is 0.337 e. The Morgan fingerprint density at radius 3 is 2.86 bits per heavy atom. The Kier molecular flexibility index (Phi) is 5.16. The van der Waals surface area contributed by atoms with Gasteiger partial charge in [-0.25, -0.2) is 9.78 Å². The maximum atomic E-state index is 13.1. The second kappa shape index (κ2) is 7.46. The minimum atomic E-state index is -0.700. The van der Waals surface area contributed by atoms with Crippen LogP contribution in [0.1, 0.15) is 22.5 Å². The summed E-state index contributed by atoms with van der Waals surface area (Å²) in [6.07, 6.45) is 2.27. The maximum absolute atomic E-state index is 13.1. The van der Waals surface area contributed by atoms with Crippen molar-refractivity contribution >= 4 is 51.8 Å². The molecule has 2 heterocycles. The number of halogens is 2. The van der Waals surface area contributed by atoms with Crippen LogP contribution in [0.5, 0.6) is 0 Å². The average Bonchev–Trinajstić information content (AvgIpc) is 3.05. The molecule has 1 saturated carbocycles. The third kappa shape index (κ3) is 3.79. The number of alkyl halides is 2. The van der Waals surface area contributed by atoms with Crippen LogP contribution in [0.25, 0.3) is 10.9 Å². The molecule has 1 aromatic carbocycles. The summed E-state index contributed by atoms with van der Waals surface area (Å²) >= 11 is 13.7. The molecule has 3 aromatic rings. The van der Waals surface area contributed by atoms with Crippen molar-refractivity contribution in [2.75, 3.05) is 12.9 Å². The molecule has 146 valence electrons. The van der Waals surface area contributed by atoms with Crippen molar-refractivity contribution in [1.29, 1.82) is 0 Å². The highest BCUT2D eigenvalue weighted by atomic mass is 35.5. The van der Waals surface area contributed by atoms with Gasteiger partial charge in [0.2, 0.25) is 0 Å². The Morgan fingerprint density at radius 2 is 2.21 bits per heavy atom. The highest BCUT2D eigenvalue weighted by Crippen LogP contribution is 2.54. The van der Waals surface area contributed by atoms with E-state index in [1.165, 1.54) is 18.9 Å². The van der Waals surface area contributed by atoms with Crippen molar-refractivity contribution in [2.45, 2.75) is 22.5 Å². The fourth-order valence-corrected chi connectivity index (χ4v) is 4.81. The lowest BCUT2D eigenvalue weighted by Gasteiger charge is -2.12. The number of hydrogen-bond acceptors (Lipinski definition) is 6. The van der Waals surface area contributed by atoms with Crippen LogP contribution in [-0.4, -0.2) is 32.7 Å². The lowest BCUT2D eigenvalue weighted by atomic mass is 10.1. The van der Waals surface area contributed by atoms with Crippen molar-refractivity contribution < 1.29 is 13.9 Å². The van der Waals surface area contributed by atoms with Crippen LogP contribution >= 0.6 is 35.0 Å². The molecule has 4 rings (SSSR count). The summed E-state index contributed by atoms with van der Waals surface area (Å²) in [5.41, 5.74) is 0.563. The van der Waals surface area contributed by atoms with E-state index in [2.05, 4.69) is 4.98 Å². The van der Waals surface area contributed by atoms with E-state index in [0.717, 1.165) is 0 Å². The van der Waals surface area contributed by atoms with Gasteiger partial charge in [0, 0.05) is 11.7 Å². The highest BCUT2D eigenvalue weighted by Gasteiger charge is 2.51. The number of aromatic nitrogens is 2. The van der Waals surface area contributed by atoms with Gasteiger partial charge >= 0.3 is 5.97 Å². The minimum Gasteiger partial charge on any atom is -0.467 e. The zero-order valence-corrected chi connectivity index (χ0v) is 17.2. The molecule has 1 atom stereocenters. The lowest BCUT2D eigenvalue weighted by molar-refractivity contribution is 0.0601. The molecule has 2 aromatic heterocycles. The third-order valence-corrected chi connectivity index (χ3v) is 6.67. The molecule has 0 N–H and O–H groups in total. The normalized spacial score (nSPS) is 17.6. The number of hydrogen-bond donors (Lipinski definition) is 0. The van der Waals surface area contributed by atoms with Crippen LogP contribution in [0.15, 0.2) is 51.0 Å². The molecule has 0 aliphatic heterocycles. The minimum absolute atomic E-state index is 0.145. The molecule has 28 heavy (non-hydrogen) atoms. The molecule has 6 nitrogen and oxygen atoms in total. The molecule has 0 radical (unpaired) electrons. The van der Waals surface area contributed by atoms with Crippen LogP contribution in [0.4, 0.5) is 0 Å². The van der Waals surface area contributed by atoms with Crippen molar-refractivity contribution in [1.82, 2.24) is 9.55 Å². The first-order valence-electron chi connectivity index (χ1n) is 8.55. The molecule has 1 aliphatic carbocycles. The van der Waals surface area contributed by atoms with Crippen LogP contribution < -0.4 is 5.56 Å². The summed E-state index contributed by atoms with van der Waals surface area (Å²) < 4.78 is 11.0. The number of carbonyl (C=O) groups is 1. The first-order chi connectivity index (χ1) is 13.4. The first kappa shape index (κ1) is 19.4. The quantitative estimate of drug-likeness (QED) is 0.249. The van der Waals surface area contributed by atoms with Gasteiger partial charge in [0.1, 0.15) is 10.1 Å². The number of ether oxygens (including phenoxy) is 1. The number of thioether (sulfide) groups is 1. The van der Waals surface area contributed by atoms with E-state index in [-0.39, 0.29) is 18.0 Å². The van der Waals surface area contributed by atoms with E-state index in [1.54, 1.807) is 41.2 Å². The molecule has 1 fully saturated rings. The van der Waals surface area contributed by atoms with Gasteiger partial charge in [0.25, 0.3) is 5.56 Å². The molecule has 0 bridgehead atoms. The van der Waals surface area contributed by atoms with Gasteiger partial charge in [-0.2, -0.15) is 0 Å². The van der Waals surface area contributed by atoms with Gasteiger partial charge in [-0.15, -0.1) is 23.2 Å². The SMILES string of the molecule is COC(=O)c1ccc2c(=O)n(Cc3ccco3)c(SCC3CC3(Cl)Cl)nc2c1. The number of carbonyl (C=O) groups excluding carboxylic acids is 1. The summed E-state index contributed by atoms with van der Waals surface area (Å²) in [5, 5.41) is 0.936. The average molecular weight is 439 g/mol. The Hall–Kier alpha value is -1.96. The Morgan fingerprint density at radius 1 is 1.43 bits per heavy atom. The van der Waals surface area contributed by atoms with E-state index in [1.807, 2.05) is 0 Å². The van der Waals surface area contributed by atoms with Gasteiger partial charge < -0.3 is 9.15 Å². The summed E-state index contributed by atoms with van der Waals surface area (Å²) in [6.45, 7) is 0.257. The number of furan rings is 1. The Balaban J connectivity index is 1.76. The molecule has 1 unspecified atom stereocenters. The molecule has 9 heteroatoms. The van der Waals surface area contributed by atoms with Crippen molar-refractivity contribution in [3.63, 3.8) is 0 Å². The molecule has 0 amide bonds. The molecule has 1 aliphatic rings. The maximum Gasteiger partial charge on any atom is 0.337 e. The molecular formula is C19H16Cl2N2O4S. The Bertz CT molecular complexity index is 1100. The summed E-state index contributed by atoms with van der Waals surface area (Å²) in [7, 11) is 1.31.